The summed E-state index contributed by atoms with van der Waals surface area (Å²) < 4.78 is 5.46. The third-order valence-electron chi connectivity index (χ3n) is 3.98. The number of fused-ring (bicyclic) bond motifs is 1. The maximum Gasteiger partial charge on any atom is 0.230 e. The first-order valence-electron chi connectivity index (χ1n) is 6.86. The van der Waals surface area contributed by atoms with Gasteiger partial charge in [-0.3, -0.25) is 0 Å². The SMILES string of the molecule is Cc1ccc(C2CCc3noc(N(C)C)c3C2)cc1. The van der Waals surface area contributed by atoms with E-state index in [4.69, 9.17) is 4.52 Å². The molecule has 19 heavy (non-hydrogen) atoms. The van der Waals surface area contributed by atoms with Crippen LogP contribution in [0.2, 0.25) is 0 Å². The summed E-state index contributed by atoms with van der Waals surface area (Å²) in [5.74, 6) is 1.51. The Balaban J connectivity index is 1.88. The molecule has 0 N–H and O–H groups in total. The molecule has 1 aliphatic carbocycles. The van der Waals surface area contributed by atoms with Gasteiger partial charge in [-0.05, 0) is 37.7 Å². The van der Waals surface area contributed by atoms with E-state index in [1.54, 1.807) is 0 Å². The van der Waals surface area contributed by atoms with E-state index in [0.717, 1.165) is 30.8 Å². The van der Waals surface area contributed by atoms with Crippen LogP contribution in [-0.2, 0) is 12.8 Å². The highest BCUT2D eigenvalue weighted by molar-refractivity contribution is 5.47. The van der Waals surface area contributed by atoms with Crippen molar-refractivity contribution < 1.29 is 4.52 Å². The van der Waals surface area contributed by atoms with Crippen LogP contribution >= 0.6 is 0 Å². The predicted molar refractivity (Wildman–Crippen MR) is 76.8 cm³/mol. The fourth-order valence-electron chi connectivity index (χ4n) is 2.87. The Bertz CT molecular complexity index is 569. The van der Waals surface area contributed by atoms with E-state index in [0.29, 0.717) is 5.92 Å². The zero-order valence-electron chi connectivity index (χ0n) is 11.8. The minimum atomic E-state index is 0.589. The number of aromatic nitrogens is 1. The van der Waals surface area contributed by atoms with Gasteiger partial charge < -0.3 is 9.42 Å². The summed E-state index contributed by atoms with van der Waals surface area (Å²) in [4.78, 5) is 2.02. The van der Waals surface area contributed by atoms with Gasteiger partial charge >= 0.3 is 0 Å². The molecule has 0 spiro atoms. The van der Waals surface area contributed by atoms with Gasteiger partial charge in [0.2, 0.25) is 5.88 Å². The van der Waals surface area contributed by atoms with Crippen LogP contribution in [0.25, 0.3) is 0 Å². The summed E-state index contributed by atoms with van der Waals surface area (Å²) in [6.07, 6.45) is 3.22. The lowest BCUT2D eigenvalue weighted by atomic mass is 9.82. The van der Waals surface area contributed by atoms with Gasteiger partial charge in [0.25, 0.3) is 0 Å². The van der Waals surface area contributed by atoms with Gasteiger partial charge in [-0.1, -0.05) is 35.0 Å². The molecule has 1 unspecified atom stereocenters. The lowest BCUT2D eigenvalue weighted by molar-refractivity contribution is 0.415. The molecule has 1 aromatic carbocycles. The Hall–Kier alpha value is -1.77. The molecular formula is C16H20N2O. The minimum absolute atomic E-state index is 0.589. The second kappa shape index (κ2) is 4.72. The number of aryl methyl sites for hydroxylation is 2. The van der Waals surface area contributed by atoms with Crippen LogP contribution in [0.5, 0.6) is 0 Å². The van der Waals surface area contributed by atoms with Gasteiger partial charge in [-0.15, -0.1) is 0 Å². The number of hydrogen-bond acceptors (Lipinski definition) is 3. The number of rotatable bonds is 2. The average Bonchev–Trinajstić information content (AvgIpc) is 2.82. The van der Waals surface area contributed by atoms with Crippen molar-refractivity contribution in [1.29, 1.82) is 0 Å². The Morgan fingerprint density at radius 3 is 2.63 bits per heavy atom. The summed E-state index contributed by atoms with van der Waals surface area (Å²) in [6, 6.07) is 8.92. The summed E-state index contributed by atoms with van der Waals surface area (Å²) in [6.45, 7) is 2.13. The lowest BCUT2D eigenvalue weighted by Gasteiger charge is -2.23. The average molecular weight is 256 g/mol. The van der Waals surface area contributed by atoms with E-state index in [1.807, 2.05) is 19.0 Å². The molecule has 0 saturated carbocycles. The number of anilines is 1. The van der Waals surface area contributed by atoms with Crippen molar-refractivity contribution in [1.82, 2.24) is 5.16 Å². The lowest BCUT2D eigenvalue weighted by Crippen LogP contribution is -2.16. The van der Waals surface area contributed by atoms with Crippen molar-refractivity contribution in [2.24, 2.45) is 0 Å². The fourth-order valence-corrected chi connectivity index (χ4v) is 2.87. The van der Waals surface area contributed by atoms with Gasteiger partial charge in [-0.2, -0.15) is 0 Å². The topological polar surface area (TPSA) is 29.3 Å². The third-order valence-corrected chi connectivity index (χ3v) is 3.98. The summed E-state index contributed by atoms with van der Waals surface area (Å²) in [5.41, 5.74) is 5.19. The van der Waals surface area contributed by atoms with Crippen LogP contribution in [0.3, 0.4) is 0 Å². The van der Waals surface area contributed by atoms with E-state index >= 15 is 0 Å². The van der Waals surface area contributed by atoms with E-state index in [1.165, 1.54) is 16.7 Å². The fraction of sp³-hybridized carbons (Fsp3) is 0.438. The molecule has 1 atom stereocenters. The summed E-state index contributed by atoms with van der Waals surface area (Å²) >= 11 is 0. The second-order valence-corrected chi connectivity index (χ2v) is 5.66. The largest absolute Gasteiger partial charge is 0.347 e. The van der Waals surface area contributed by atoms with E-state index in [2.05, 4.69) is 36.3 Å². The molecule has 1 heterocycles. The summed E-state index contributed by atoms with van der Waals surface area (Å²) in [5, 5.41) is 4.20. The smallest absolute Gasteiger partial charge is 0.230 e. The van der Waals surface area contributed by atoms with Crippen molar-refractivity contribution in [2.75, 3.05) is 19.0 Å². The highest BCUT2D eigenvalue weighted by atomic mass is 16.5. The molecule has 1 aliphatic rings. The molecule has 0 bridgehead atoms. The molecule has 0 aliphatic heterocycles. The highest BCUT2D eigenvalue weighted by Gasteiger charge is 2.27. The first-order chi connectivity index (χ1) is 9.15. The van der Waals surface area contributed by atoms with E-state index in [-0.39, 0.29) is 0 Å². The molecular weight excluding hydrogens is 236 g/mol. The zero-order valence-corrected chi connectivity index (χ0v) is 11.8. The summed E-state index contributed by atoms with van der Waals surface area (Å²) in [7, 11) is 4.02. The second-order valence-electron chi connectivity index (χ2n) is 5.66. The van der Waals surface area contributed by atoms with Gasteiger partial charge in [0.1, 0.15) is 0 Å². The third kappa shape index (κ3) is 2.25. The van der Waals surface area contributed by atoms with Crippen LogP contribution in [0, 0.1) is 6.92 Å². The number of benzene rings is 1. The van der Waals surface area contributed by atoms with Gasteiger partial charge in [0.15, 0.2) is 0 Å². The molecule has 3 nitrogen and oxygen atoms in total. The van der Waals surface area contributed by atoms with E-state index in [9.17, 15) is 0 Å². The Morgan fingerprint density at radius 2 is 1.95 bits per heavy atom. The van der Waals surface area contributed by atoms with Crippen LogP contribution in [-0.4, -0.2) is 19.3 Å². The molecule has 2 aromatic rings. The molecule has 3 rings (SSSR count). The van der Waals surface area contributed by atoms with Crippen molar-refractivity contribution >= 4 is 5.88 Å². The molecule has 0 saturated heterocycles. The van der Waals surface area contributed by atoms with Crippen LogP contribution in [0.15, 0.2) is 28.8 Å². The molecule has 0 radical (unpaired) electrons. The molecule has 3 heteroatoms. The van der Waals surface area contributed by atoms with Crippen molar-refractivity contribution in [3.05, 3.63) is 46.6 Å². The van der Waals surface area contributed by atoms with Crippen molar-refractivity contribution in [2.45, 2.75) is 32.1 Å². The van der Waals surface area contributed by atoms with Gasteiger partial charge in [0, 0.05) is 19.7 Å². The standard InChI is InChI=1S/C16H20N2O/c1-11-4-6-12(7-5-11)13-8-9-15-14(10-13)16(18(2)3)19-17-15/h4-7,13H,8-10H2,1-3H3. The quantitative estimate of drug-likeness (QED) is 0.825. The molecule has 1 aromatic heterocycles. The number of nitrogens with zero attached hydrogens (tertiary/aromatic N) is 2. The maximum absolute atomic E-state index is 5.46. The molecule has 100 valence electrons. The van der Waals surface area contributed by atoms with Gasteiger partial charge in [-0.25, -0.2) is 0 Å². The maximum atomic E-state index is 5.46. The molecule has 0 amide bonds. The molecule has 0 fully saturated rings. The van der Waals surface area contributed by atoms with Crippen molar-refractivity contribution in [3.8, 4) is 0 Å². The monoisotopic (exact) mass is 256 g/mol. The van der Waals surface area contributed by atoms with Crippen molar-refractivity contribution in [3.63, 3.8) is 0 Å². The van der Waals surface area contributed by atoms with E-state index < -0.39 is 0 Å². The normalized spacial score (nSPS) is 18.2. The first kappa shape index (κ1) is 12.3. The Labute approximate surface area is 114 Å². The highest BCUT2D eigenvalue weighted by Crippen LogP contribution is 2.36. The Morgan fingerprint density at radius 1 is 1.21 bits per heavy atom. The van der Waals surface area contributed by atoms with Gasteiger partial charge in [0.05, 0.1) is 5.69 Å². The predicted octanol–water partition coefficient (Wildman–Crippen LogP) is 3.32. The van der Waals surface area contributed by atoms with Crippen LogP contribution in [0.4, 0.5) is 5.88 Å². The van der Waals surface area contributed by atoms with Crippen LogP contribution < -0.4 is 4.90 Å². The Kier molecular flexibility index (Phi) is 3.05. The van der Waals surface area contributed by atoms with Crippen LogP contribution in [0.1, 0.15) is 34.7 Å². The minimum Gasteiger partial charge on any atom is -0.347 e. The first-order valence-corrected chi connectivity index (χ1v) is 6.86. The number of hydrogen-bond donors (Lipinski definition) is 0. The zero-order chi connectivity index (χ0) is 13.4.